The second-order valence-electron chi connectivity index (χ2n) is 4.31. The topological polar surface area (TPSA) is 64.8 Å². The van der Waals surface area contributed by atoms with Gasteiger partial charge in [-0.2, -0.15) is 0 Å². The second-order valence-corrected chi connectivity index (χ2v) is 5.16. The second kappa shape index (κ2) is 6.77. The van der Waals surface area contributed by atoms with Gasteiger partial charge in [0.2, 0.25) is 0 Å². The lowest BCUT2D eigenvalue weighted by Crippen LogP contribution is -2.35. The van der Waals surface area contributed by atoms with Gasteiger partial charge in [0.05, 0.1) is 11.6 Å². The molecular formula is C13H19BrN2O3. The number of methoxy groups -OCH3 is 1. The number of rotatable bonds is 5. The first kappa shape index (κ1) is 15.8. The van der Waals surface area contributed by atoms with Crippen LogP contribution in [0.3, 0.4) is 0 Å². The van der Waals surface area contributed by atoms with Crippen molar-refractivity contribution in [1.29, 1.82) is 0 Å². The van der Waals surface area contributed by atoms with Crippen LogP contribution in [-0.2, 0) is 11.3 Å². The Morgan fingerprint density at radius 1 is 1.47 bits per heavy atom. The quantitative estimate of drug-likeness (QED) is 0.893. The Hall–Kier alpha value is -1.27. The van der Waals surface area contributed by atoms with Crippen molar-refractivity contribution >= 4 is 21.8 Å². The summed E-state index contributed by atoms with van der Waals surface area (Å²) in [5.41, 5.74) is 6.52. The predicted molar refractivity (Wildman–Crippen MR) is 77.4 cm³/mol. The highest BCUT2D eigenvalue weighted by molar-refractivity contribution is 9.10. The zero-order chi connectivity index (χ0) is 14.6. The molecule has 106 valence electrons. The smallest absolute Gasteiger partial charge is 0.262 e. The maximum Gasteiger partial charge on any atom is 0.262 e. The Labute approximate surface area is 121 Å². The van der Waals surface area contributed by atoms with Crippen LogP contribution in [0.1, 0.15) is 12.5 Å². The summed E-state index contributed by atoms with van der Waals surface area (Å²) in [6, 6.07) is 3.65. The van der Waals surface area contributed by atoms with Crippen LogP contribution in [0.15, 0.2) is 16.6 Å². The molecule has 0 aliphatic heterocycles. The number of nitrogens with zero attached hydrogens (tertiary/aromatic N) is 1. The summed E-state index contributed by atoms with van der Waals surface area (Å²) in [7, 11) is 4.92. The minimum absolute atomic E-state index is 0.114. The van der Waals surface area contributed by atoms with Crippen molar-refractivity contribution in [2.45, 2.75) is 19.6 Å². The Kier molecular flexibility index (Phi) is 5.62. The largest absolute Gasteiger partial charge is 0.493 e. The molecule has 0 aliphatic rings. The molecule has 1 aromatic rings. The molecule has 0 aromatic heterocycles. The third kappa shape index (κ3) is 3.84. The van der Waals surface area contributed by atoms with Crippen LogP contribution in [0, 0.1) is 0 Å². The van der Waals surface area contributed by atoms with E-state index >= 15 is 0 Å². The Balaban J connectivity index is 3.03. The van der Waals surface area contributed by atoms with E-state index in [0.717, 1.165) is 5.56 Å². The molecule has 5 nitrogen and oxygen atoms in total. The average Bonchev–Trinajstić information content (AvgIpc) is 2.39. The van der Waals surface area contributed by atoms with Crippen LogP contribution in [0.4, 0.5) is 0 Å². The van der Waals surface area contributed by atoms with Crippen LogP contribution in [0.5, 0.6) is 11.5 Å². The monoisotopic (exact) mass is 330 g/mol. The third-order valence-electron chi connectivity index (χ3n) is 2.61. The van der Waals surface area contributed by atoms with Gasteiger partial charge in [-0.05, 0) is 40.5 Å². The van der Waals surface area contributed by atoms with Gasteiger partial charge >= 0.3 is 0 Å². The summed E-state index contributed by atoms with van der Waals surface area (Å²) in [5.74, 6) is 0.937. The molecule has 0 saturated carbocycles. The van der Waals surface area contributed by atoms with E-state index in [0.29, 0.717) is 22.5 Å². The SMILES string of the molecule is COc1cc(CN)cc(Br)c1OC(C)C(=O)N(C)C. The Bertz CT molecular complexity index is 463. The molecule has 2 N–H and O–H groups in total. The highest BCUT2D eigenvalue weighted by atomic mass is 79.9. The fraction of sp³-hybridized carbons (Fsp3) is 0.462. The van der Waals surface area contributed by atoms with Gasteiger partial charge in [0, 0.05) is 20.6 Å². The van der Waals surface area contributed by atoms with E-state index < -0.39 is 6.10 Å². The standard InChI is InChI=1S/C13H19BrN2O3/c1-8(13(17)16(2)3)19-12-10(14)5-9(7-15)6-11(12)18-4/h5-6,8H,7,15H2,1-4H3. The number of hydrogen-bond donors (Lipinski definition) is 1. The van der Waals surface area contributed by atoms with Crippen LogP contribution < -0.4 is 15.2 Å². The molecule has 0 fully saturated rings. The number of carbonyl (C=O) groups is 1. The number of likely N-dealkylation sites (N-methyl/N-ethyl adjacent to an activating group) is 1. The summed E-state index contributed by atoms with van der Waals surface area (Å²) in [6.07, 6.45) is -0.594. The van der Waals surface area contributed by atoms with E-state index in [2.05, 4.69) is 15.9 Å². The van der Waals surface area contributed by atoms with Crippen LogP contribution in [0.25, 0.3) is 0 Å². The fourth-order valence-corrected chi connectivity index (χ4v) is 2.18. The molecule has 0 heterocycles. The molecule has 0 saturated heterocycles. The summed E-state index contributed by atoms with van der Waals surface area (Å²) in [6.45, 7) is 2.10. The van der Waals surface area contributed by atoms with Crippen molar-refractivity contribution in [2.75, 3.05) is 21.2 Å². The Morgan fingerprint density at radius 3 is 2.58 bits per heavy atom. The van der Waals surface area contributed by atoms with Gasteiger partial charge in [-0.15, -0.1) is 0 Å². The van der Waals surface area contributed by atoms with Crippen LogP contribution in [-0.4, -0.2) is 38.1 Å². The molecule has 1 unspecified atom stereocenters. The van der Waals surface area contributed by atoms with Crippen LogP contribution >= 0.6 is 15.9 Å². The first-order valence-electron chi connectivity index (χ1n) is 5.85. The number of ether oxygens (including phenoxy) is 2. The zero-order valence-corrected chi connectivity index (χ0v) is 13.2. The summed E-state index contributed by atoms with van der Waals surface area (Å²) in [4.78, 5) is 13.3. The molecule has 1 rings (SSSR count). The maximum atomic E-state index is 11.8. The van der Waals surface area contributed by atoms with Gasteiger partial charge < -0.3 is 20.1 Å². The van der Waals surface area contributed by atoms with Gasteiger partial charge in [0.15, 0.2) is 17.6 Å². The van der Waals surface area contributed by atoms with E-state index in [1.165, 1.54) is 4.90 Å². The molecule has 0 radical (unpaired) electrons. The van der Waals surface area contributed by atoms with Gasteiger partial charge in [0.25, 0.3) is 5.91 Å². The molecule has 0 aliphatic carbocycles. The predicted octanol–water partition coefficient (Wildman–Crippen LogP) is 1.77. The zero-order valence-electron chi connectivity index (χ0n) is 11.6. The van der Waals surface area contributed by atoms with Crippen molar-refractivity contribution in [3.8, 4) is 11.5 Å². The lowest BCUT2D eigenvalue weighted by molar-refractivity contribution is -0.135. The normalized spacial score (nSPS) is 11.9. The molecule has 0 bridgehead atoms. The average molecular weight is 331 g/mol. The van der Waals surface area contributed by atoms with Gasteiger partial charge in [-0.1, -0.05) is 0 Å². The first-order valence-corrected chi connectivity index (χ1v) is 6.64. The molecule has 1 atom stereocenters. The third-order valence-corrected chi connectivity index (χ3v) is 3.20. The highest BCUT2D eigenvalue weighted by Crippen LogP contribution is 2.37. The van der Waals surface area contributed by atoms with E-state index in [4.69, 9.17) is 15.2 Å². The van der Waals surface area contributed by atoms with Crippen molar-refractivity contribution in [3.05, 3.63) is 22.2 Å². The molecule has 19 heavy (non-hydrogen) atoms. The minimum Gasteiger partial charge on any atom is -0.493 e. The minimum atomic E-state index is -0.594. The molecule has 1 amide bonds. The maximum absolute atomic E-state index is 11.8. The van der Waals surface area contributed by atoms with Crippen molar-refractivity contribution in [3.63, 3.8) is 0 Å². The lowest BCUT2D eigenvalue weighted by atomic mass is 10.2. The van der Waals surface area contributed by atoms with E-state index in [9.17, 15) is 4.79 Å². The molecule has 0 spiro atoms. The Morgan fingerprint density at radius 2 is 2.11 bits per heavy atom. The number of nitrogens with two attached hydrogens (primary N) is 1. The molecule has 6 heteroatoms. The van der Waals surface area contributed by atoms with E-state index in [1.54, 1.807) is 34.2 Å². The first-order chi connectivity index (χ1) is 8.90. The lowest BCUT2D eigenvalue weighted by Gasteiger charge is -2.21. The molecule has 1 aromatic carbocycles. The van der Waals surface area contributed by atoms with Crippen LogP contribution in [0.2, 0.25) is 0 Å². The summed E-state index contributed by atoms with van der Waals surface area (Å²) in [5, 5.41) is 0. The van der Waals surface area contributed by atoms with Crippen molar-refractivity contribution in [2.24, 2.45) is 5.73 Å². The number of halogens is 1. The molecular weight excluding hydrogens is 312 g/mol. The van der Waals surface area contributed by atoms with E-state index in [1.807, 2.05) is 6.07 Å². The van der Waals surface area contributed by atoms with Gasteiger partial charge in [0.1, 0.15) is 0 Å². The fourth-order valence-electron chi connectivity index (χ4n) is 1.60. The van der Waals surface area contributed by atoms with E-state index in [-0.39, 0.29) is 5.91 Å². The van der Waals surface area contributed by atoms with Gasteiger partial charge in [-0.3, -0.25) is 4.79 Å². The number of carbonyl (C=O) groups excluding carboxylic acids is 1. The van der Waals surface area contributed by atoms with Crippen molar-refractivity contribution in [1.82, 2.24) is 4.90 Å². The highest BCUT2D eigenvalue weighted by Gasteiger charge is 2.20. The van der Waals surface area contributed by atoms with Crippen molar-refractivity contribution < 1.29 is 14.3 Å². The number of benzene rings is 1. The number of hydrogen-bond acceptors (Lipinski definition) is 4. The van der Waals surface area contributed by atoms with Gasteiger partial charge in [-0.25, -0.2) is 0 Å². The number of amides is 1. The summed E-state index contributed by atoms with van der Waals surface area (Å²) < 4.78 is 11.7. The summed E-state index contributed by atoms with van der Waals surface area (Å²) >= 11 is 3.41.